The monoisotopic (exact) mass is 249 g/mol. The molecule has 0 fully saturated rings. The Morgan fingerprint density at radius 2 is 1.94 bits per heavy atom. The summed E-state index contributed by atoms with van der Waals surface area (Å²) >= 11 is 0. The van der Waals surface area contributed by atoms with E-state index in [1.54, 1.807) is 0 Å². The number of carbonyl (C=O) groups is 1. The van der Waals surface area contributed by atoms with Crippen molar-refractivity contribution in [3.05, 3.63) is 29.8 Å². The van der Waals surface area contributed by atoms with Crippen LogP contribution in [0.4, 0.5) is 5.69 Å². The molecule has 100 valence electrons. The van der Waals surface area contributed by atoms with Crippen molar-refractivity contribution in [1.29, 1.82) is 0 Å². The van der Waals surface area contributed by atoms with Crippen molar-refractivity contribution >= 4 is 11.7 Å². The van der Waals surface area contributed by atoms with Crippen molar-refractivity contribution in [2.24, 2.45) is 5.92 Å². The van der Waals surface area contributed by atoms with Crippen LogP contribution in [0.2, 0.25) is 0 Å². The number of rotatable bonds is 5. The maximum Gasteiger partial charge on any atom is 0.313 e. The first kappa shape index (κ1) is 14.6. The van der Waals surface area contributed by atoms with Gasteiger partial charge in [0.1, 0.15) is 0 Å². The summed E-state index contributed by atoms with van der Waals surface area (Å²) in [5, 5.41) is 0. The standard InChI is InChI=1S/C15H23NO2/c1-10(2)8-11(3)18-15(17)12(4)13-6-5-7-14(16)9-13/h5-7,9-12H,8,16H2,1-4H3. The first-order valence-electron chi connectivity index (χ1n) is 6.46. The molecule has 3 nitrogen and oxygen atoms in total. The zero-order valence-corrected chi connectivity index (χ0v) is 11.6. The van der Waals surface area contributed by atoms with Crippen molar-refractivity contribution in [1.82, 2.24) is 0 Å². The summed E-state index contributed by atoms with van der Waals surface area (Å²) in [6.07, 6.45) is 0.844. The fraction of sp³-hybridized carbons (Fsp3) is 0.533. The van der Waals surface area contributed by atoms with Gasteiger partial charge in [-0.2, -0.15) is 0 Å². The van der Waals surface area contributed by atoms with Gasteiger partial charge in [0.05, 0.1) is 12.0 Å². The second-order valence-electron chi connectivity index (χ2n) is 5.27. The number of anilines is 1. The molecule has 0 amide bonds. The summed E-state index contributed by atoms with van der Waals surface area (Å²) in [5.74, 6) is 0.0624. The Hall–Kier alpha value is -1.51. The highest BCUT2D eigenvalue weighted by Crippen LogP contribution is 2.20. The van der Waals surface area contributed by atoms with Crippen LogP contribution in [0.3, 0.4) is 0 Å². The third-order valence-electron chi connectivity index (χ3n) is 2.88. The van der Waals surface area contributed by atoms with E-state index >= 15 is 0 Å². The predicted molar refractivity (Wildman–Crippen MR) is 74.3 cm³/mol. The van der Waals surface area contributed by atoms with Crippen LogP contribution in [0.25, 0.3) is 0 Å². The smallest absolute Gasteiger partial charge is 0.313 e. The van der Waals surface area contributed by atoms with E-state index in [1.165, 1.54) is 0 Å². The summed E-state index contributed by atoms with van der Waals surface area (Å²) in [6, 6.07) is 7.38. The van der Waals surface area contributed by atoms with E-state index in [0.29, 0.717) is 11.6 Å². The van der Waals surface area contributed by atoms with Crippen molar-refractivity contribution in [3.63, 3.8) is 0 Å². The van der Waals surface area contributed by atoms with Crippen LogP contribution < -0.4 is 5.73 Å². The minimum Gasteiger partial charge on any atom is -0.462 e. The fourth-order valence-electron chi connectivity index (χ4n) is 1.98. The average Bonchev–Trinajstić information content (AvgIpc) is 2.26. The number of hydrogen-bond acceptors (Lipinski definition) is 3. The fourth-order valence-corrected chi connectivity index (χ4v) is 1.98. The Balaban J connectivity index is 2.61. The van der Waals surface area contributed by atoms with Gasteiger partial charge in [-0.15, -0.1) is 0 Å². The molecule has 0 radical (unpaired) electrons. The van der Waals surface area contributed by atoms with E-state index in [0.717, 1.165) is 12.0 Å². The van der Waals surface area contributed by atoms with Gasteiger partial charge >= 0.3 is 5.97 Å². The molecular formula is C15H23NO2. The first-order valence-corrected chi connectivity index (χ1v) is 6.46. The van der Waals surface area contributed by atoms with E-state index in [9.17, 15) is 4.79 Å². The molecular weight excluding hydrogens is 226 g/mol. The van der Waals surface area contributed by atoms with Crippen LogP contribution >= 0.6 is 0 Å². The van der Waals surface area contributed by atoms with E-state index in [-0.39, 0.29) is 18.0 Å². The molecule has 0 aliphatic rings. The van der Waals surface area contributed by atoms with Gasteiger partial charge in [0.25, 0.3) is 0 Å². The number of esters is 1. The molecule has 2 N–H and O–H groups in total. The third-order valence-corrected chi connectivity index (χ3v) is 2.88. The van der Waals surface area contributed by atoms with Gasteiger partial charge in [-0.1, -0.05) is 26.0 Å². The van der Waals surface area contributed by atoms with Crippen LogP contribution in [-0.4, -0.2) is 12.1 Å². The van der Waals surface area contributed by atoms with Gasteiger partial charge in [-0.3, -0.25) is 4.79 Å². The molecule has 1 aromatic carbocycles. The number of benzene rings is 1. The molecule has 0 saturated heterocycles. The minimum atomic E-state index is -0.275. The lowest BCUT2D eigenvalue weighted by atomic mass is 10.0. The first-order chi connectivity index (χ1) is 8.40. The zero-order valence-electron chi connectivity index (χ0n) is 11.6. The highest BCUT2D eigenvalue weighted by molar-refractivity contribution is 5.78. The van der Waals surface area contributed by atoms with Gasteiger partial charge in [-0.25, -0.2) is 0 Å². The minimum absolute atomic E-state index is 0.0407. The lowest BCUT2D eigenvalue weighted by Crippen LogP contribution is -2.21. The predicted octanol–water partition coefficient (Wildman–Crippen LogP) is 3.35. The molecule has 0 heterocycles. The molecule has 1 aromatic rings. The summed E-state index contributed by atoms with van der Waals surface area (Å²) in [4.78, 5) is 12.0. The van der Waals surface area contributed by atoms with Crippen molar-refractivity contribution in [2.75, 3.05) is 5.73 Å². The Morgan fingerprint density at radius 1 is 1.28 bits per heavy atom. The molecule has 0 aliphatic heterocycles. The second kappa shape index (κ2) is 6.43. The Bertz CT molecular complexity index is 401. The maximum atomic E-state index is 12.0. The van der Waals surface area contributed by atoms with Crippen LogP contribution in [-0.2, 0) is 9.53 Å². The zero-order chi connectivity index (χ0) is 13.7. The van der Waals surface area contributed by atoms with Gasteiger partial charge in [0.15, 0.2) is 0 Å². The molecule has 1 rings (SSSR count). The largest absolute Gasteiger partial charge is 0.462 e. The summed E-state index contributed by atoms with van der Waals surface area (Å²) in [5.41, 5.74) is 7.28. The molecule has 2 atom stereocenters. The SMILES string of the molecule is CC(C)CC(C)OC(=O)C(C)c1cccc(N)c1. The molecule has 0 aliphatic carbocycles. The van der Waals surface area contributed by atoms with E-state index < -0.39 is 0 Å². The average molecular weight is 249 g/mol. The molecule has 0 saturated carbocycles. The van der Waals surface area contributed by atoms with E-state index in [2.05, 4.69) is 13.8 Å². The lowest BCUT2D eigenvalue weighted by molar-refractivity contribution is -0.150. The second-order valence-corrected chi connectivity index (χ2v) is 5.27. The number of nitrogens with two attached hydrogens (primary N) is 1. The van der Waals surface area contributed by atoms with E-state index in [1.807, 2.05) is 38.1 Å². The molecule has 3 heteroatoms. The Kier molecular flexibility index (Phi) is 5.20. The number of carbonyl (C=O) groups excluding carboxylic acids is 1. The quantitative estimate of drug-likeness (QED) is 0.643. The molecule has 0 aromatic heterocycles. The number of nitrogen functional groups attached to an aromatic ring is 1. The normalized spacial score (nSPS) is 14.3. The van der Waals surface area contributed by atoms with Crippen LogP contribution in [0.15, 0.2) is 24.3 Å². The highest BCUT2D eigenvalue weighted by atomic mass is 16.5. The molecule has 0 bridgehead atoms. The molecule has 18 heavy (non-hydrogen) atoms. The van der Waals surface area contributed by atoms with Crippen LogP contribution in [0.1, 0.15) is 45.6 Å². The van der Waals surface area contributed by atoms with Crippen molar-refractivity contribution in [2.45, 2.75) is 46.1 Å². The van der Waals surface area contributed by atoms with Crippen molar-refractivity contribution in [3.8, 4) is 0 Å². The van der Waals surface area contributed by atoms with Crippen LogP contribution in [0.5, 0.6) is 0 Å². The maximum absolute atomic E-state index is 12.0. The number of hydrogen-bond donors (Lipinski definition) is 1. The summed E-state index contributed by atoms with van der Waals surface area (Å²) in [6.45, 7) is 8.01. The van der Waals surface area contributed by atoms with Gasteiger partial charge < -0.3 is 10.5 Å². The highest BCUT2D eigenvalue weighted by Gasteiger charge is 2.19. The van der Waals surface area contributed by atoms with Crippen molar-refractivity contribution < 1.29 is 9.53 Å². The van der Waals surface area contributed by atoms with Gasteiger partial charge in [0.2, 0.25) is 0 Å². The summed E-state index contributed by atoms with van der Waals surface area (Å²) < 4.78 is 5.44. The lowest BCUT2D eigenvalue weighted by Gasteiger charge is -2.18. The molecule has 0 spiro atoms. The van der Waals surface area contributed by atoms with E-state index in [4.69, 9.17) is 10.5 Å². The Labute approximate surface area is 109 Å². The topological polar surface area (TPSA) is 52.3 Å². The van der Waals surface area contributed by atoms with Gasteiger partial charge in [-0.05, 0) is 43.9 Å². The molecule has 2 unspecified atom stereocenters. The third kappa shape index (κ3) is 4.40. The van der Waals surface area contributed by atoms with Gasteiger partial charge in [0, 0.05) is 5.69 Å². The van der Waals surface area contributed by atoms with Crippen LogP contribution in [0, 0.1) is 5.92 Å². The summed E-state index contributed by atoms with van der Waals surface area (Å²) in [7, 11) is 0. The Morgan fingerprint density at radius 3 is 2.50 bits per heavy atom. The number of ether oxygens (including phenoxy) is 1.